The molecule has 0 aliphatic carbocycles. The molecule has 0 saturated heterocycles. The molecule has 0 aliphatic rings. The van der Waals surface area contributed by atoms with Gasteiger partial charge in [0.2, 0.25) is 11.8 Å². The Labute approximate surface area is 203 Å². The molecule has 2 aromatic carbocycles. The Balaban J connectivity index is 1.68. The lowest BCUT2D eigenvalue weighted by molar-refractivity contribution is -0.147. The van der Waals surface area contributed by atoms with Crippen molar-refractivity contribution in [1.82, 2.24) is 0 Å². The van der Waals surface area contributed by atoms with Gasteiger partial charge in [0.25, 0.3) is 5.91 Å². The van der Waals surface area contributed by atoms with Crippen LogP contribution in [-0.2, 0) is 28.7 Å². The van der Waals surface area contributed by atoms with Crippen LogP contribution < -0.4 is 16.0 Å². The first-order chi connectivity index (χ1) is 16.6. The van der Waals surface area contributed by atoms with Gasteiger partial charge in [-0.05, 0) is 54.4 Å². The van der Waals surface area contributed by atoms with Crippen LogP contribution >= 0.6 is 0 Å². The highest BCUT2D eigenvalue weighted by molar-refractivity contribution is 5.95. The van der Waals surface area contributed by atoms with Crippen LogP contribution in [-0.4, -0.2) is 42.9 Å². The van der Waals surface area contributed by atoms with E-state index in [0.717, 1.165) is 0 Å². The molecule has 186 valence electrons. The van der Waals surface area contributed by atoms with Crippen molar-refractivity contribution < 1.29 is 33.4 Å². The molecule has 3 amide bonds. The van der Waals surface area contributed by atoms with Gasteiger partial charge in [-0.15, -0.1) is 0 Å². The molecule has 0 spiro atoms. The second-order valence-electron chi connectivity index (χ2n) is 8.09. The van der Waals surface area contributed by atoms with Gasteiger partial charge < -0.3 is 25.4 Å². The summed E-state index contributed by atoms with van der Waals surface area (Å²) in [6.45, 7) is 5.09. The third kappa shape index (κ3) is 10.5. The molecule has 0 unspecified atom stereocenters. The van der Waals surface area contributed by atoms with E-state index in [9.17, 15) is 24.0 Å². The van der Waals surface area contributed by atoms with E-state index < -0.39 is 30.4 Å². The highest BCUT2D eigenvalue weighted by Crippen LogP contribution is 2.14. The third-order valence-corrected chi connectivity index (χ3v) is 4.36. The summed E-state index contributed by atoms with van der Waals surface area (Å²) in [5.74, 6) is -2.07. The van der Waals surface area contributed by atoms with Crippen LogP contribution in [0.3, 0.4) is 0 Å². The molecule has 0 radical (unpaired) electrons. The fraction of sp³-hybridized carbons (Fsp3) is 0.320. The molecule has 3 N–H and O–H groups in total. The van der Waals surface area contributed by atoms with Crippen LogP contribution in [0.2, 0.25) is 0 Å². The minimum Gasteiger partial charge on any atom is -0.462 e. The molecule has 2 rings (SSSR count). The van der Waals surface area contributed by atoms with Crippen LogP contribution in [0.1, 0.15) is 44.0 Å². The number of carbonyl (C=O) groups is 5. The summed E-state index contributed by atoms with van der Waals surface area (Å²) < 4.78 is 10.0. The summed E-state index contributed by atoms with van der Waals surface area (Å²) in [4.78, 5) is 58.8. The zero-order valence-electron chi connectivity index (χ0n) is 19.9. The van der Waals surface area contributed by atoms with Gasteiger partial charge >= 0.3 is 11.9 Å². The summed E-state index contributed by atoms with van der Waals surface area (Å²) in [7, 11) is 0. The van der Waals surface area contributed by atoms with E-state index in [0.29, 0.717) is 29.2 Å². The molecule has 0 atom stereocenters. The van der Waals surface area contributed by atoms with E-state index in [-0.39, 0.29) is 24.7 Å². The maximum atomic E-state index is 12.1. The highest BCUT2D eigenvalue weighted by Gasteiger charge is 2.12. The van der Waals surface area contributed by atoms with E-state index >= 15 is 0 Å². The molecule has 0 aromatic heterocycles. The van der Waals surface area contributed by atoms with Crippen molar-refractivity contribution in [3.8, 4) is 0 Å². The third-order valence-electron chi connectivity index (χ3n) is 4.36. The first kappa shape index (κ1) is 27.0. The van der Waals surface area contributed by atoms with Gasteiger partial charge in [0.05, 0.1) is 18.6 Å². The zero-order chi connectivity index (χ0) is 25.8. The molecule has 0 saturated carbocycles. The Kier molecular flexibility index (Phi) is 10.4. The van der Waals surface area contributed by atoms with Gasteiger partial charge in [0.1, 0.15) is 0 Å². The maximum Gasteiger partial charge on any atom is 0.338 e. The zero-order valence-corrected chi connectivity index (χ0v) is 19.9. The Morgan fingerprint density at radius 3 is 1.77 bits per heavy atom. The molecule has 2 aromatic rings. The summed E-state index contributed by atoms with van der Waals surface area (Å²) in [5.41, 5.74) is 1.89. The molecule has 10 nitrogen and oxygen atoms in total. The predicted molar refractivity (Wildman–Crippen MR) is 130 cm³/mol. The normalized spacial score (nSPS) is 10.3. The summed E-state index contributed by atoms with van der Waals surface area (Å²) in [6, 6.07) is 12.6. The van der Waals surface area contributed by atoms with Gasteiger partial charge in [-0.1, -0.05) is 13.8 Å². The van der Waals surface area contributed by atoms with Crippen LogP contribution in [0.25, 0.3) is 0 Å². The van der Waals surface area contributed by atoms with Gasteiger partial charge in [-0.3, -0.25) is 19.2 Å². The average molecular weight is 484 g/mol. The second kappa shape index (κ2) is 13.5. The molecule has 0 fully saturated rings. The lowest BCUT2D eigenvalue weighted by Gasteiger charge is -2.09. The van der Waals surface area contributed by atoms with E-state index in [2.05, 4.69) is 16.0 Å². The SMILES string of the molecule is CC(=O)Nc1ccc(NC(=O)COC(=O)CCC(=O)Nc2ccc(C(=O)OCC(C)C)cc2)cc1. The maximum absolute atomic E-state index is 12.1. The van der Waals surface area contributed by atoms with E-state index in [1.807, 2.05) is 13.8 Å². The average Bonchev–Trinajstić information content (AvgIpc) is 2.81. The summed E-state index contributed by atoms with van der Waals surface area (Å²) in [6.07, 6.45) is -0.340. The van der Waals surface area contributed by atoms with E-state index in [1.165, 1.54) is 6.92 Å². The van der Waals surface area contributed by atoms with Gasteiger partial charge in [-0.2, -0.15) is 0 Å². The van der Waals surface area contributed by atoms with E-state index in [4.69, 9.17) is 9.47 Å². The first-order valence-corrected chi connectivity index (χ1v) is 11.0. The fourth-order valence-electron chi connectivity index (χ4n) is 2.71. The first-order valence-electron chi connectivity index (χ1n) is 11.0. The number of anilines is 3. The number of benzene rings is 2. The minimum atomic E-state index is -0.695. The number of amides is 3. The van der Waals surface area contributed by atoms with Crippen molar-refractivity contribution in [2.24, 2.45) is 5.92 Å². The molecular weight excluding hydrogens is 454 g/mol. The largest absolute Gasteiger partial charge is 0.462 e. The fourth-order valence-corrected chi connectivity index (χ4v) is 2.71. The quantitative estimate of drug-likeness (QED) is 0.416. The Morgan fingerprint density at radius 1 is 0.714 bits per heavy atom. The van der Waals surface area contributed by atoms with Gasteiger partial charge in [0.15, 0.2) is 6.61 Å². The molecule has 35 heavy (non-hydrogen) atoms. The van der Waals surface area contributed by atoms with Gasteiger partial charge in [-0.25, -0.2) is 4.79 Å². The van der Waals surface area contributed by atoms with Crippen molar-refractivity contribution in [2.75, 3.05) is 29.2 Å². The summed E-state index contributed by atoms with van der Waals surface area (Å²) in [5, 5.41) is 7.79. The van der Waals surface area contributed by atoms with Crippen molar-refractivity contribution in [1.29, 1.82) is 0 Å². The number of hydrogen-bond donors (Lipinski definition) is 3. The lowest BCUT2D eigenvalue weighted by atomic mass is 10.2. The molecule has 0 bridgehead atoms. The summed E-state index contributed by atoms with van der Waals surface area (Å²) >= 11 is 0. The van der Waals surface area contributed by atoms with Crippen LogP contribution in [0.5, 0.6) is 0 Å². The van der Waals surface area contributed by atoms with Crippen molar-refractivity contribution in [3.63, 3.8) is 0 Å². The van der Waals surface area contributed by atoms with E-state index in [1.54, 1.807) is 48.5 Å². The minimum absolute atomic E-state index is 0.136. The highest BCUT2D eigenvalue weighted by atomic mass is 16.5. The molecule has 10 heteroatoms. The second-order valence-corrected chi connectivity index (χ2v) is 8.09. The number of hydrogen-bond acceptors (Lipinski definition) is 7. The topological polar surface area (TPSA) is 140 Å². The molecule has 0 heterocycles. The monoisotopic (exact) mass is 483 g/mol. The molecule has 0 aliphatic heterocycles. The van der Waals surface area contributed by atoms with Crippen molar-refractivity contribution >= 4 is 46.7 Å². The lowest BCUT2D eigenvalue weighted by Crippen LogP contribution is -2.21. The molecular formula is C25H29N3O7. The Hall–Kier alpha value is -4.21. The Morgan fingerprint density at radius 2 is 1.23 bits per heavy atom. The standard InChI is InChI=1S/C25H29N3O7/c1-16(2)14-35-25(33)18-4-6-20(7-5-18)27-22(30)12-13-24(32)34-15-23(31)28-21-10-8-19(9-11-21)26-17(3)29/h4-11,16H,12-15H2,1-3H3,(H,26,29)(H,27,30)(H,28,31). The van der Waals surface area contributed by atoms with Crippen molar-refractivity contribution in [2.45, 2.75) is 33.6 Å². The number of carbonyl (C=O) groups excluding carboxylic acids is 5. The number of esters is 2. The van der Waals surface area contributed by atoms with Gasteiger partial charge in [0, 0.05) is 30.4 Å². The number of ether oxygens (including phenoxy) is 2. The smallest absolute Gasteiger partial charge is 0.338 e. The Bertz CT molecular complexity index is 1050. The van der Waals surface area contributed by atoms with Crippen molar-refractivity contribution in [3.05, 3.63) is 54.1 Å². The number of rotatable bonds is 11. The number of nitrogens with one attached hydrogen (secondary N) is 3. The predicted octanol–water partition coefficient (Wildman–Crippen LogP) is 3.36. The van der Waals surface area contributed by atoms with Crippen LogP contribution in [0.15, 0.2) is 48.5 Å². The van der Waals surface area contributed by atoms with Crippen LogP contribution in [0.4, 0.5) is 17.1 Å². The van der Waals surface area contributed by atoms with Crippen LogP contribution in [0, 0.1) is 5.92 Å².